The molecule has 6 heteroatoms. The highest BCUT2D eigenvalue weighted by Crippen LogP contribution is 2.40. The van der Waals surface area contributed by atoms with Crippen LogP contribution < -0.4 is 10.2 Å². The summed E-state index contributed by atoms with van der Waals surface area (Å²) < 4.78 is 0. The number of hydrogen-bond donors (Lipinski definition) is 2. The number of fused-ring (bicyclic) bond motifs is 1. The van der Waals surface area contributed by atoms with Gasteiger partial charge in [-0.1, -0.05) is 30.3 Å². The van der Waals surface area contributed by atoms with E-state index in [0.717, 1.165) is 11.1 Å². The number of carbonyl (C=O) groups excluding carboxylic acids is 2. The zero-order valence-corrected chi connectivity index (χ0v) is 15.4. The van der Waals surface area contributed by atoms with E-state index in [-0.39, 0.29) is 18.2 Å². The molecule has 0 unspecified atom stereocenters. The average Bonchev–Trinajstić information content (AvgIpc) is 3.00. The van der Waals surface area contributed by atoms with E-state index in [0.29, 0.717) is 24.2 Å². The van der Waals surface area contributed by atoms with Crippen molar-refractivity contribution < 1.29 is 19.5 Å². The molecule has 0 aliphatic heterocycles. The molecule has 0 heterocycles. The number of nitrogens with zero attached hydrogens (tertiary/aromatic N) is 1. The summed E-state index contributed by atoms with van der Waals surface area (Å²) in [4.78, 5) is 37.5. The lowest BCUT2D eigenvalue weighted by Crippen LogP contribution is -2.36. The number of hydrogen-bond acceptors (Lipinski definition) is 3. The third kappa shape index (κ3) is 3.84. The fourth-order valence-corrected chi connectivity index (χ4v) is 3.53. The predicted octanol–water partition coefficient (Wildman–Crippen LogP) is 2.87. The second-order valence-corrected chi connectivity index (χ2v) is 7.06. The topological polar surface area (TPSA) is 86.7 Å². The maximum atomic E-state index is 12.6. The molecule has 27 heavy (non-hydrogen) atoms. The number of aliphatic carboxylic acids is 1. The van der Waals surface area contributed by atoms with Crippen LogP contribution in [-0.4, -0.2) is 29.9 Å². The summed E-state index contributed by atoms with van der Waals surface area (Å²) in [6, 6.07) is 14.5. The molecule has 1 aliphatic rings. The lowest BCUT2D eigenvalue weighted by molar-refractivity contribution is -0.150. The lowest BCUT2D eigenvalue weighted by atomic mass is 9.81. The van der Waals surface area contributed by atoms with Crippen LogP contribution in [0.2, 0.25) is 0 Å². The molecule has 2 amide bonds. The second kappa shape index (κ2) is 7.23. The zero-order valence-electron chi connectivity index (χ0n) is 15.4. The second-order valence-electron chi connectivity index (χ2n) is 7.06. The fourth-order valence-electron chi connectivity index (χ4n) is 3.53. The van der Waals surface area contributed by atoms with Crippen molar-refractivity contribution in [1.29, 1.82) is 0 Å². The largest absolute Gasteiger partial charge is 0.481 e. The Balaban J connectivity index is 1.74. The number of benzene rings is 2. The normalized spacial score (nSPS) is 14.3. The van der Waals surface area contributed by atoms with Gasteiger partial charge in [-0.25, -0.2) is 0 Å². The first kappa shape index (κ1) is 18.6. The molecule has 0 fully saturated rings. The lowest BCUT2D eigenvalue weighted by Gasteiger charge is -2.23. The van der Waals surface area contributed by atoms with E-state index in [4.69, 9.17) is 0 Å². The number of rotatable bonds is 5. The third-order valence-electron chi connectivity index (χ3n) is 5.12. The van der Waals surface area contributed by atoms with Gasteiger partial charge >= 0.3 is 5.97 Å². The number of anilines is 2. The van der Waals surface area contributed by atoms with Gasteiger partial charge < -0.3 is 15.3 Å². The summed E-state index contributed by atoms with van der Waals surface area (Å²) >= 11 is 0. The highest BCUT2D eigenvalue weighted by Gasteiger charge is 2.45. The highest BCUT2D eigenvalue weighted by atomic mass is 16.4. The average molecular weight is 366 g/mol. The molecule has 0 saturated heterocycles. The minimum atomic E-state index is -1.12. The summed E-state index contributed by atoms with van der Waals surface area (Å²) in [6.45, 7) is 1.46. The summed E-state index contributed by atoms with van der Waals surface area (Å²) in [5, 5.41) is 12.6. The van der Waals surface area contributed by atoms with Gasteiger partial charge in [-0.05, 0) is 42.2 Å². The molecule has 2 aromatic rings. The van der Waals surface area contributed by atoms with Crippen molar-refractivity contribution in [1.82, 2.24) is 0 Å². The molecule has 3 rings (SSSR count). The number of carbonyl (C=O) groups is 3. The molecule has 1 aliphatic carbocycles. The smallest absolute Gasteiger partial charge is 0.310 e. The first-order chi connectivity index (χ1) is 12.8. The van der Waals surface area contributed by atoms with E-state index >= 15 is 0 Å². The van der Waals surface area contributed by atoms with E-state index in [1.165, 1.54) is 11.8 Å². The first-order valence-electron chi connectivity index (χ1n) is 8.75. The van der Waals surface area contributed by atoms with Crippen molar-refractivity contribution in [3.63, 3.8) is 0 Å². The van der Waals surface area contributed by atoms with Crippen LogP contribution in [0.5, 0.6) is 0 Å². The molecule has 6 nitrogen and oxygen atoms in total. The van der Waals surface area contributed by atoms with Crippen molar-refractivity contribution in [2.24, 2.45) is 5.41 Å². The van der Waals surface area contributed by atoms with E-state index in [2.05, 4.69) is 5.32 Å². The Kier molecular flexibility index (Phi) is 4.99. The van der Waals surface area contributed by atoms with Crippen LogP contribution in [0.1, 0.15) is 24.5 Å². The van der Waals surface area contributed by atoms with Crippen LogP contribution in [0.4, 0.5) is 11.4 Å². The van der Waals surface area contributed by atoms with Crippen LogP contribution in [0.25, 0.3) is 0 Å². The van der Waals surface area contributed by atoms with Crippen LogP contribution in [0.3, 0.4) is 0 Å². The van der Waals surface area contributed by atoms with Crippen molar-refractivity contribution in [3.05, 3.63) is 59.7 Å². The zero-order chi connectivity index (χ0) is 19.6. The molecule has 0 bridgehead atoms. The Bertz CT molecular complexity index is 882. The summed E-state index contributed by atoms with van der Waals surface area (Å²) in [5.41, 5.74) is 2.03. The molecule has 0 saturated carbocycles. The van der Waals surface area contributed by atoms with Crippen molar-refractivity contribution in [3.8, 4) is 0 Å². The van der Waals surface area contributed by atoms with Gasteiger partial charge in [0.05, 0.1) is 5.41 Å². The Morgan fingerprint density at radius 3 is 2.26 bits per heavy atom. The van der Waals surface area contributed by atoms with Gasteiger partial charge in [0, 0.05) is 31.8 Å². The molecule has 140 valence electrons. The number of amides is 2. The Morgan fingerprint density at radius 2 is 1.70 bits per heavy atom. The van der Waals surface area contributed by atoms with Crippen LogP contribution in [0.15, 0.2) is 48.5 Å². The SMILES string of the molecule is CC(=O)N(C)c1cccc(NC(=O)CC2(C(=O)O)Cc3ccccc3C2)c1. The summed E-state index contributed by atoms with van der Waals surface area (Å²) in [7, 11) is 1.65. The molecule has 0 atom stereocenters. The highest BCUT2D eigenvalue weighted by molar-refractivity contribution is 5.96. The Hall–Kier alpha value is -3.15. The minimum Gasteiger partial charge on any atom is -0.481 e. The quantitative estimate of drug-likeness (QED) is 0.852. The first-order valence-corrected chi connectivity index (χ1v) is 8.75. The third-order valence-corrected chi connectivity index (χ3v) is 5.12. The fraction of sp³-hybridized carbons (Fsp3) is 0.286. The van der Waals surface area contributed by atoms with Gasteiger partial charge in [0.15, 0.2) is 0 Å². The van der Waals surface area contributed by atoms with Gasteiger partial charge in [-0.2, -0.15) is 0 Å². The summed E-state index contributed by atoms with van der Waals surface area (Å²) in [6.07, 6.45) is 0.585. The monoisotopic (exact) mass is 366 g/mol. The molecule has 2 N–H and O–H groups in total. The van der Waals surface area contributed by atoms with Crippen molar-refractivity contribution in [2.75, 3.05) is 17.3 Å². The maximum absolute atomic E-state index is 12.6. The number of carboxylic acid groups (broad SMARTS) is 1. The Labute approximate surface area is 157 Å². The summed E-state index contributed by atoms with van der Waals surface area (Å²) in [5.74, 6) is -1.43. The van der Waals surface area contributed by atoms with E-state index in [1.807, 2.05) is 24.3 Å². The van der Waals surface area contributed by atoms with E-state index in [9.17, 15) is 19.5 Å². The van der Waals surface area contributed by atoms with Crippen LogP contribution in [0, 0.1) is 5.41 Å². The van der Waals surface area contributed by atoms with Gasteiger partial charge in [-0.15, -0.1) is 0 Å². The van der Waals surface area contributed by atoms with E-state index in [1.54, 1.807) is 31.3 Å². The van der Waals surface area contributed by atoms with Crippen LogP contribution >= 0.6 is 0 Å². The molecular formula is C21H22N2O4. The molecule has 0 radical (unpaired) electrons. The molecule has 0 aromatic heterocycles. The maximum Gasteiger partial charge on any atom is 0.310 e. The molecule has 2 aromatic carbocycles. The van der Waals surface area contributed by atoms with Gasteiger partial charge in [-0.3, -0.25) is 14.4 Å². The molecular weight excluding hydrogens is 344 g/mol. The number of carboxylic acids is 1. The van der Waals surface area contributed by atoms with Crippen LogP contribution in [-0.2, 0) is 27.2 Å². The van der Waals surface area contributed by atoms with Gasteiger partial charge in [0.25, 0.3) is 0 Å². The number of nitrogens with one attached hydrogen (secondary N) is 1. The van der Waals surface area contributed by atoms with Gasteiger partial charge in [0.1, 0.15) is 0 Å². The Morgan fingerprint density at radius 1 is 1.07 bits per heavy atom. The standard InChI is InChI=1S/C21H22N2O4/c1-14(24)23(2)18-9-5-8-17(10-18)22-19(25)13-21(20(26)27)11-15-6-3-4-7-16(15)12-21/h3-10H,11-13H2,1-2H3,(H,22,25)(H,26,27). The molecule has 0 spiro atoms. The van der Waals surface area contributed by atoms with Gasteiger partial charge in [0.2, 0.25) is 11.8 Å². The van der Waals surface area contributed by atoms with Crippen molar-refractivity contribution in [2.45, 2.75) is 26.2 Å². The van der Waals surface area contributed by atoms with Crippen molar-refractivity contribution >= 4 is 29.2 Å². The van der Waals surface area contributed by atoms with E-state index < -0.39 is 11.4 Å². The minimum absolute atomic E-state index is 0.107. The predicted molar refractivity (Wildman–Crippen MR) is 103 cm³/mol.